The molecule has 0 aliphatic carbocycles. The fraction of sp³-hybridized carbons (Fsp3) is 0.208. The molecule has 0 bridgehead atoms. The summed E-state index contributed by atoms with van der Waals surface area (Å²) in [7, 11) is 0. The average Bonchev–Trinajstić information content (AvgIpc) is 3.20. The van der Waals surface area contributed by atoms with E-state index in [0.717, 1.165) is 44.8 Å². The van der Waals surface area contributed by atoms with Crippen LogP contribution in [0.5, 0.6) is 11.5 Å². The lowest BCUT2D eigenvalue weighted by atomic mass is 9.96. The van der Waals surface area contributed by atoms with Gasteiger partial charge in [-0.2, -0.15) is 5.10 Å². The van der Waals surface area contributed by atoms with Crippen LogP contribution >= 0.6 is 15.9 Å². The lowest BCUT2D eigenvalue weighted by Crippen LogP contribution is -2.33. The van der Waals surface area contributed by atoms with Gasteiger partial charge in [-0.3, -0.25) is 0 Å². The lowest BCUT2D eigenvalue weighted by Gasteiger charge is -2.38. The first-order valence-electron chi connectivity index (χ1n) is 9.83. The molecule has 29 heavy (non-hydrogen) atoms. The minimum absolute atomic E-state index is 0.142. The van der Waals surface area contributed by atoms with Crippen LogP contribution in [0.15, 0.2) is 82.4 Å². The lowest BCUT2D eigenvalue weighted by molar-refractivity contribution is -0.0190. The minimum Gasteiger partial charge on any atom is -0.494 e. The maximum atomic E-state index is 6.40. The van der Waals surface area contributed by atoms with Crippen LogP contribution in [0.4, 0.5) is 0 Å². The van der Waals surface area contributed by atoms with Crippen LogP contribution < -0.4 is 9.47 Å². The van der Waals surface area contributed by atoms with Gasteiger partial charge in [0.15, 0.2) is 0 Å². The van der Waals surface area contributed by atoms with Gasteiger partial charge >= 0.3 is 0 Å². The number of ether oxygens (including phenoxy) is 2. The Labute approximate surface area is 178 Å². The van der Waals surface area contributed by atoms with Crippen molar-refractivity contribution in [1.29, 1.82) is 0 Å². The summed E-state index contributed by atoms with van der Waals surface area (Å²) >= 11 is 3.60. The zero-order chi connectivity index (χ0) is 19.8. The zero-order valence-electron chi connectivity index (χ0n) is 16.1. The highest BCUT2D eigenvalue weighted by atomic mass is 79.9. The van der Waals surface area contributed by atoms with Crippen molar-refractivity contribution in [3.05, 3.63) is 94.0 Å². The van der Waals surface area contributed by atoms with Gasteiger partial charge in [0.25, 0.3) is 0 Å². The molecule has 2 aliphatic heterocycles. The summed E-state index contributed by atoms with van der Waals surface area (Å²) in [5.74, 6) is 1.80. The summed E-state index contributed by atoms with van der Waals surface area (Å²) in [6.45, 7) is 2.66. The molecule has 0 saturated carbocycles. The number of hydrogen-bond donors (Lipinski definition) is 0. The molecular weight excluding hydrogens is 428 g/mol. The Hall–Kier alpha value is -2.79. The molecule has 0 fully saturated rings. The quantitative estimate of drug-likeness (QED) is 0.484. The topological polar surface area (TPSA) is 34.1 Å². The first-order valence-corrected chi connectivity index (χ1v) is 10.6. The highest BCUT2D eigenvalue weighted by Crippen LogP contribution is 2.48. The second-order valence-electron chi connectivity index (χ2n) is 7.17. The highest BCUT2D eigenvalue weighted by Gasteiger charge is 2.41. The molecule has 3 aromatic carbocycles. The van der Waals surface area contributed by atoms with Gasteiger partial charge in [0.05, 0.1) is 18.4 Å². The normalized spacial score (nSPS) is 19.8. The third-order valence-corrected chi connectivity index (χ3v) is 5.83. The predicted octanol–water partition coefficient (Wildman–Crippen LogP) is 6.09. The van der Waals surface area contributed by atoms with E-state index in [9.17, 15) is 0 Å². The van der Waals surface area contributed by atoms with Crippen molar-refractivity contribution >= 4 is 21.6 Å². The third-order valence-electron chi connectivity index (χ3n) is 5.34. The van der Waals surface area contributed by atoms with Crippen LogP contribution in [0, 0.1) is 0 Å². The first kappa shape index (κ1) is 18.3. The van der Waals surface area contributed by atoms with Crippen molar-refractivity contribution in [3.63, 3.8) is 0 Å². The Morgan fingerprint density at radius 3 is 2.62 bits per heavy atom. The fourth-order valence-electron chi connectivity index (χ4n) is 3.98. The van der Waals surface area contributed by atoms with E-state index in [1.807, 2.05) is 49.4 Å². The second kappa shape index (κ2) is 7.56. The van der Waals surface area contributed by atoms with E-state index in [4.69, 9.17) is 14.6 Å². The summed E-state index contributed by atoms with van der Waals surface area (Å²) in [6.07, 6.45) is 0.597. The van der Waals surface area contributed by atoms with Crippen molar-refractivity contribution in [2.24, 2.45) is 5.10 Å². The summed E-state index contributed by atoms with van der Waals surface area (Å²) < 4.78 is 13.0. The maximum absolute atomic E-state index is 6.40. The van der Waals surface area contributed by atoms with Crippen molar-refractivity contribution in [2.75, 3.05) is 6.61 Å². The number of halogens is 1. The molecule has 0 radical (unpaired) electrons. The predicted molar refractivity (Wildman–Crippen MR) is 117 cm³/mol. The number of fused-ring (bicyclic) bond motifs is 3. The van der Waals surface area contributed by atoms with Gasteiger partial charge in [-0.1, -0.05) is 46.3 Å². The van der Waals surface area contributed by atoms with Gasteiger partial charge in [-0.15, -0.1) is 0 Å². The molecule has 146 valence electrons. The Balaban J connectivity index is 1.54. The van der Waals surface area contributed by atoms with Crippen molar-refractivity contribution in [3.8, 4) is 11.5 Å². The van der Waals surface area contributed by atoms with Gasteiger partial charge in [0.1, 0.15) is 11.5 Å². The Morgan fingerprint density at radius 2 is 1.86 bits per heavy atom. The zero-order valence-corrected chi connectivity index (χ0v) is 17.7. The van der Waals surface area contributed by atoms with E-state index in [1.165, 1.54) is 0 Å². The van der Waals surface area contributed by atoms with E-state index in [2.05, 4.69) is 51.3 Å². The van der Waals surface area contributed by atoms with Crippen LogP contribution in [-0.4, -0.2) is 17.3 Å². The van der Waals surface area contributed by atoms with E-state index >= 15 is 0 Å². The summed E-state index contributed by atoms with van der Waals surface area (Å²) in [6, 6.07) is 24.8. The molecule has 0 aromatic heterocycles. The van der Waals surface area contributed by atoms with Gasteiger partial charge in [0, 0.05) is 22.0 Å². The summed E-state index contributed by atoms with van der Waals surface area (Å²) in [5.41, 5.74) is 4.45. The van der Waals surface area contributed by atoms with Gasteiger partial charge < -0.3 is 9.47 Å². The van der Waals surface area contributed by atoms with Crippen LogP contribution in [0.2, 0.25) is 0 Å². The first-order chi connectivity index (χ1) is 14.2. The summed E-state index contributed by atoms with van der Waals surface area (Å²) in [5, 5.41) is 7.12. The second-order valence-corrected chi connectivity index (χ2v) is 8.08. The third kappa shape index (κ3) is 3.40. The monoisotopic (exact) mass is 448 g/mol. The van der Waals surface area contributed by atoms with E-state index in [-0.39, 0.29) is 12.3 Å². The molecular formula is C24H21BrN2O2. The number of rotatable bonds is 4. The molecule has 4 nitrogen and oxygen atoms in total. The largest absolute Gasteiger partial charge is 0.494 e. The van der Waals surface area contributed by atoms with E-state index < -0.39 is 0 Å². The maximum Gasteiger partial charge on any atom is 0.213 e. The molecule has 2 heterocycles. The SMILES string of the molecule is CCOc1ccc(C2=NN3[C@@H](C2)c2cc(Br)ccc2O[C@H]3c2ccccc2)cc1. The molecule has 5 rings (SSSR count). The molecule has 0 N–H and O–H groups in total. The fourth-order valence-corrected chi connectivity index (χ4v) is 4.36. The molecule has 0 spiro atoms. The molecule has 0 unspecified atom stereocenters. The van der Waals surface area contributed by atoms with Crippen molar-refractivity contribution < 1.29 is 9.47 Å². The Kier molecular flexibility index (Phi) is 4.76. The van der Waals surface area contributed by atoms with Gasteiger partial charge in [0.2, 0.25) is 6.23 Å². The minimum atomic E-state index is -0.241. The van der Waals surface area contributed by atoms with Gasteiger partial charge in [-0.25, -0.2) is 5.01 Å². The smallest absolute Gasteiger partial charge is 0.213 e. The van der Waals surface area contributed by atoms with Crippen LogP contribution in [0.25, 0.3) is 0 Å². The number of hydrazone groups is 1. The Bertz CT molecular complexity index is 1050. The summed E-state index contributed by atoms with van der Waals surface area (Å²) in [4.78, 5) is 0. The highest BCUT2D eigenvalue weighted by molar-refractivity contribution is 9.10. The molecule has 5 heteroatoms. The molecule has 0 amide bonds. The molecule has 2 aliphatic rings. The number of hydrogen-bond acceptors (Lipinski definition) is 4. The van der Waals surface area contributed by atoms with E-state index in [0.29, 0.717) is 6.61 Å². The van der Waals surface area contributed by atoms with Crippen molar-refractivity contribution in [2.45, 2.75) is 25.6 Å². The van der Waals surface area contributed by atoms with E-state index in [1.54, 1.807) is 0 Å². The van der Waals surface area contributed by atoms with Gasteiger partial charge in [-0.05, 0) is 55.0 Å². The van der Waals surface area contributed by atoms with Crippen LogP contribution in [0.3, 0.4) is 0 Å². The standard InChI is InChI=1S/C24H21BrN2O2/c1-2-28-19-11-8-16(9-12-19)21-15-22-20-14-18(25)10-13-23(20)29-24(27(22)26-21)17-6-4-3-5-7-17/h3-14,22,24H,2,15H2,1H3/t22-,24-/m0/s1. The Morgan fingerprint density at radius 1 is 1.07 bits per heavy atom. The van der Waals surface area contributed by atoms with Crippen LogP contribution in [-0.2, 0) is 0 Å². The molecule has 0 saturated heterocycles. The van der Waals surface area contributed by atoms with Crippen LogP contribution in [0.1, 0.15) is 42.3 Å². The van der Waals surface area contributed by atoms with Crippen molar-refractivity contribution in [1.82, 2.24) is 5.01 Å². The molecule has 2 atom stereocenters. The average molecular weight is 449 g/mol. The number of nitrogens with zero attached hydrogens (tertiary/aromatic N) is 2. The number of benzene rings is 3. The molecule has 3 aromatic rings.